The van der Waals surface area contributed by atoms with Crippen LogP contribution in [0.4, 0.5) is 0 Å². The molecule has 0 amide bonds. The van der Waals surface area contributed by atoms with Gasteiger partial charge in [-0.15, -0.1) is 0 Å². The summed E-state index contributed by atoms with van der Waals surface area (Å²) >= 11 is 0. The van der Waals surface area contributed by atoms with Crippen LogP contribution in [0.2, 0.25) is 0 Å². The molecule has 0 aliphatic rings. The van der Waals surface area contributed by atoms with Gasteiger partial charge in [-0.2, -0.15) is 0 Å². The first-order valence-corrected chi connectivity index (χ1v) is 10.8. The van der Waals surface area contributed by atoms with Gasteiger partial charge in [-0.1, -0.05) is 24.3 Å². The van der Waals surface area contributed by atoms with Crippen LogP contribution in [0.5, 0.6) is 0 Å². The quantitative estimate of drug-likeness (QED) is 0.278. The topological polar surface area (TPSA) is 51.6 Å². The number of aromatic nitrogens is 4. The molecule has 0 N–H and O–H groups in total. The van der Waals surface area contributed by atoms with Crippen molar-refractivity contribution in [3.8, 4) is 11.1 Å². The van der Waals surface area contributed by atoms with Crippen molar-refractivity contribution in [1.82, 2.24) is 19.9 Å². The molecule has 32 heavy (non-hydrogen) atoms. The molecule has 154 valence electrons. The molecule has 0 bridgehead atoms. The van der Waals surface area contributed by atoms with E-state index in [4.69, 9.17) is 19.9 Å². The summed E-state index contributed by atoms with van der Waals surface area (Å²) in [7, 11) is 0. The first kappa shape index (κ1) is 18.8. The summed E-state index contributed by atoms with van der Waals surface area (Å²) in [5.74, 6) is 0. The molecule has 0 fully saturated rings. The van der Waals surface area contributed by atoms with Crippen LogP contribution >= 0.6 is 0 Å². The van der Waals surface area contributed by atoms with Crippen LogP contribution in [0.3, 0.4) is 0 Å². The SMILES string of the molecule is Cc1ccc2cc(-c3cc4ccc(C)nc4c4nc(C)ccc34)c3ccc(C)nc3c2n1. The molecule has 0 saturated heterocycles. The molecule has 2 aromatic carbocycles. The lowest BCUT2D eigenvalue weighted by Crippen LogP contribution is -1.95. The fourth-order valence-corrected chi connectivity index (χ4v) is 4.57. The van der Waals surface area contributed by atoms with E-state index in [1.165, 1.54) is 0 Å². The lowest BCUT2D eigenvalue weighted by atomic mass is 9.93. The Morgan fingerprint density at radius 2 is 0.750 bits per heavy atom. The molecule has 6 aromatic rings. The van der Waals surface area contributed by atoms with Gasteiger partial charge >= 0.3 is 0 Å². The van der Waals surface area contributed by atoms with Crippen molar-refractivity contribution in [2.75, 3.05) is 0 Å². The number of hydrogen-bond donors (Lipinski definition) is 0. The van der Waals surface area contributed by atoms with Crippen molar-refractivity contribution < 1.29 is 0 Å². The van der Waals surface area contributed by atoms with Crippen LogP contribution in [0.1, 0.15) is 22.8 Å². The van der Waals surface area contributed by atoms with Gasteiger partial charge in [-0.3, -0.25) is 19.9 Å². The molecule has 4 heterocycles. The van der Waals surface area contributed by atoms with E-state index in [1.54, 1.807) is 0 Å². The van der Waals surface area contributed by atoms with Gasteiger partial charge in [0, 0.05) is 44.3 Å². The molecule has 0 radical (unpaired) electrons. The first-order chi connectivity index (χ1) is 15.5. The molecule has 0 atom stereocenters. The molecule has 0 saturated carbocycles. The summed E-state index contributed by atoms with van der Waals surface area (Å²) in [4.78, 5) is 19.5. The van der Waals surface area contributed by atoms with Crippen LogP contribution < -0.4 is 0 Å². The maximum absolute atomic E-state index is 4.91. The minimum atomic E-state index is 0.941. The van der Waals surface area contributed by atoms with Gasteiger partial charge in [0.2, 0.25) is 0 Å². The zero-order chi connectivity index (χ0) is 22.0. The number of rotatable bonds is 1. The second kappa shape index (κ2) is 6.79. The van der Waals surface area contributed by atoms with E-state index in [9.17, 15) is 0 Å². The number of fused-ring (bicyclic) bond motifs is 6. The van der Waals surface area contributed by atoms with E-state index in [1.807, 2.05) is 27.7 Å². The molecule has 0 aliphatic heterocycles. The fraction of sp³-hybridized carbons (Fsp3) is 0.143. The number of benzene rings is 2. The molecule has 4 heteroatoms. The summed E-state index contributed by atoms with van der Waals surface area (Å²) in [6, 6.07) is 21.4. The highest BCUT2D eigenvalue weighted by molar-refractivity contribution is 6.17. The fourth-order valence-electron chi connectivity index (χ4n) is 4.57. The molecule has 6 rings (SSSR count). The Morgan fingerprint density at radius 1 is 0.406 bits per heavy atom. The van der Waals surface area contributed by atoms with Crippen molar-refractivity contribution in [1.29, 1.82) is 0 Å². The van der Waals surface area contributed by atoms with Gasteiger partial charge in [0.25, 0.3) is 0 Å². The Labute approximate surface area is 186 Å². The zero-order valence-corrected chi connectivity index (χ0v) is 18.6. The lowest BCUT2D eigenvalue weighted by Gasteiger charge is -2.15. The smallest absolute Gasteiger partial charge is 0.0974 e. The van der Waals surface area contributed by atoms with Crippen LogP contribution in [0.25, 0.3) is 54.7 Å². The molecule has 4 aromatic heterocycles. The van der Waals surface area contributed by atoms with Crippen LogP contribution in [0, 0.1) is 27.7 Å². The van der Waals surface area contributed by atoms with Crippen molar-refractivity contribution in [2.45, 2.75) is 27.7 Å². The predicted octanol–water partition coefficient (Wildman–Crippen LogP) is 6.78. The molecule has 0 spiro atoms. The number of hydrogen-bond acceptors (Lipinski definition) is 4. The van der Waals surface area contributed by atoms with E-state index in [0.29, 0.717) is 0 Å². The van der Waals surface area contributed by atoms with Crippen LogP contribution in [-0.2, 0) is 0 Å². The second-order valence-electron chi connectivity index (χ2n) is 8.59. The Kier molecular flexibility index (Phi) is 3.99. The highest BCUT2D eigenvalue weighted by Crippen LogP contribution is 2.39. The standard InChI is InChI=1S/C28H22N4/c1-15-5-9-19-13-23(21-11-7-17(3)31-27(21)25(19)29-15)24-14-20-10-6-16(2)30-26(20)28-22(24)12-8-18(4)32-28/h5-14H,1-4H3. The number of nitrogens with zero attached hydrogens (tertiary/aromatic N) is 4. The third-order valence-electron chi connectivity index (χ3n) is 6.12. The Morgan fingerprint density at radius 3 is 1.16 bits per heavy atom. The van der Waals surface area contributed by atoms with Gasteiger partial charge in [-0.05, 0) is 75.2 Å². The Bertz CT molecular complexity index is 1590. The summed E-state index contributed by atoms with van der Waals surface area (Å²) in [5, 5.41) is 4.38. The average molecular weight is 415 g/mol. The van der Waals surface area contributed by atoms with E-state index in [2.05, 4.69) is 60.7 Å². The normalized spacial score (nSPS) is 11.8. The molecular weight excluding hydrogens is 392 g/mol. The summed E-state index contributed by atoms with van der Waals surface area (Å²) in [5.41, 5.74) is 10.0. The highest BCUT2D eigenvalue weighted by Gasteiger charge is 2.16. The number of pyridine rings is 4. The largest absolute Gasteiger partial charge is 0.251 e. The van der Waals surface area contributed by atoms with Crippen molar-refractivity contribution in [3.63, 3.8) is 0 Å². The van der Waals surface area contributed by atoms with Crippen LogP contribution in [-0.4, -0.2) is 19.9 Å². The Balaban J connectivity index is 1.82. The maximum Gasteiger partial charge on any atom is 0.0974 e. The van der Waals surface area contributed by atoms with E-state index >= 15 is 0 Å². The molecule has 0 unspecified atom stereocenters. The minimum Gasteiger partial charge on any atom is -0.251 e. The summed E-state index contributed by atoms with van der Waals surface area (Å²) in [6.45, 7) is 8.10. The number of aryl methyl sites for hydroxylation is 4. The van der Waals surface area contributed by atoms with Gasteiger partial charge in [-0.25, -0.2) is 0 Å². The van der Waals surface area contributed by atoms with E-state index in [0.717, 1.165) is 77.5 Å². The predicted molar refractivity (Wildman–Crippen MR) is 132 cm³/mol. The monoisotopic (exact) mass is 414 g/mol. The highest BCUT2D eigenvalue weighted by atomic mass is 14.8. The molecular formula is C28H22N4. The molecule has 0 aliphatic carbocycles. The third-order valence-corrected chi connectivity index (χ3v) is 6.12. The van der Waals surface area contributed by atoms with Gasteiger partial charge in [0.15, 0.2) is 0 Å². The van der Waals surface area contributed by atoms with Crippen molar-refractivity contribution >= 4 is 43.6 Å². The average Bonchev–Trinajstić information content (AvgIpc) is 2.78. The molecule has 4 nitrogen and oxygen atoms in total. The van der Waals surface area contributed by atoms with Crippen LogP contribution in [0.15, 0.2) is 60.7 Å². The maximum atomic E-state index is 4.91. The van der Waals surface area contributed by atoms with Gasteiger partial charge in [0.1, 0.15) is 0 Å². The van der Waals surface area contributed by atoms with E-state index < -0.39 is 0 Å². The second-order valence-corrected chi connectivity index (χ2v) is 8.59. The van der Waals surface area contributed by atoms with E-state index in [-0.39, 0.29) is 0 Å². The lowest BCUT2D eigenvalue weighted by molar-refractivity contribution is 1.23. The third kappa shape index (κ3) is 2.83. The van der Waals surface area contributed by atoms with Crippen molar-refractivity contribution in [2.24, 2.45) is 0 Å². The van der Waals surface area contributed by atoms with Crippen molar-refractivity contribution in [3.05, 3.63) is 83.4 Å². The van der Waals surface area contributed by atoms with Gasteiger partial charge in [0.05, 0.1) is 22.1 Å². The zero-order valence-electron chi connectivity index (χ0n) is 18.6. The summed E-state index contributed by atoms with van der Waals surface area (Å²) < 4.78 is 0. The first-order valence-electron chi connectivity index (χ1n) is 10.8. The minimum absolute atomic E-state index is 0.941. The summed E-state index contributed by atoms with van der Waals surface area (Å²) in [6.07, 6.45) is 0. The van der Waals surface area contributed by atoms with Gasteiger partial charge < -0.3 is 0 Å². The Hall–Kier alpha value is -3.92.